The lowest BCUT2D eigenvalue weighted by Crippen LogP contribution is -2.58. The van der Waals surface area contributed by atoms with Crippen molar-refractivity contribution in [2.45, 2.75) is 58.4 Å². The number of benzene rings is 1. The van der Waals surface area contributed by atoms with Crippen molar-refractivity contribution in [3.05, 3.63) is 40.7 Å². The third kappa shape index (κ3) is 2.57. The number of nitrogens with zero attached hydrogens (tertiary/aromatic N) is 1. The maximum atomic E-state index is 13.1. The van der Waals surface area contributed by atoms with Crippen LogP contribution in [0.1, 0.15) is 57.6 Å². The molecular weight excluding hydrogens is 312 g/mol. The third-order valence-electron chi connectivity index (χ3n) is 6.67. The zero-order valence-corrected chi connectivity index (χ0v) is 15.5. The molecule has 0 heterocycles. The van der Waals surface area contributed by atoms with Crippen molar-refractivity contribution in [2.75, 3.05) is 6.61 Å². The zero-order chi connectivity index (χ0) is 18.2. The highest BCUT2D eigenvalue weighted by Crippen LogP contribution is 2.59. The summed E-state index contributed by atoms with van der Waals surface area (Å²) in [5.41, 5.74) is 7.92. The zero-order valence-electron chi connectivity index (χ0n) is 15.5. The molecule has 2 N–H and O–H groups in total. The van der Waals surface area contributed by atoms with E-state index in [9.17, 15) is 4.79 Å². The van der Waals surface area contributed by atoms with Crippen molar-refractivity contribution in [1.29, 1.82) is 0 Å². The molecular formula is C21H28N2O2. The molecule has 1 spiro atoms. The van der Waals surface area contributed by atoms with Crippen LogP contribution in [-0.2, 0) is 21.5 Å². The van der Waals surface area contributed by atoms with Crippen LogP contribution >= 0.6 is 0 Å². The molecule has 1 fully saturated rings. The first kappa shape index (κ1) is 17.9. The van der Waals surface area contributed by atoms with Crippen LogP contribution in [0, 0.1) is 23.8 Å². The van der Waals surface area contributed by atoms with E-state index in [0.29, 0.717) is 24.1 Å². The number of nitrogens with two attached hydrogens (primary N) is 1. The van der Waals surface area contributed by atoms with E-state index in [4.69, 9.17) is 17.0 Å². The van der Waals surface area contributed by atoms with Gasteiger partial charge in [-0.2, -0.15) is 0 Å². The third-order valence-corrected chi connectivity index (χ3v) is 6.67. The van der Waals surface area contributed by atoms with E-state index < -0.39 is 5.54 Å². The Kier molecular flexibility index (Phi) is 4.64. The van der Waals surface area contributed by atoms with Crippen molar-refractivity contribution >= 4 is 11.7 Å². The Morgan fingerprint density at radius 1 is 1.44 bits per heavy atom. The van der Waals surface area contributed by atoms with Crippen molar-refractivity contribution < 1.29 is 9.53 Å². The first-order valence-corrected chi connectivity index (χ1v) is 9.38. The second-order valence-electron chi connectivity index (χ2n) is 7.83. The molecule has 2 aliphatic rings. The molecule has 4 heteroatoms. The maximum absolute atomic E-state index is 13.1. The lowest BCUT2D eigenvalue weighted by molar-refractivity contribution is -0.158. The SMILES string of the molecule is [C-]#[N+]c1ccc2c(c1)[C@@](N)(C(=O)OCC)[C@@]1(CC[C@@H](C)[C@H](CC)C1)C2. The van der Waals surface area contributed by atoms with E-state index in [0.717, 1.165) is 43.2 Å². The van der Waals surface area contributed by atoms with E-state index >= 15 is 0 Å². The molecule has 1 saturated carbocycles. The first-order valence-electron chi connectivity index (χ1n) is 9.38. The molecule has 4 nitrogen and oxygen atoms in total. The van der Waals surface area contributed by atoms with Crippen molar-refractivity contribution in [1.82, 2.24) is 0 Å². The second-order valence-corrected chi connectivity index (χ2v) is 7.83. The number of esters is 1. The van der Waals surface area contributed by atoms with Gasteiger partial charge in [-0.05, 0) is 55.6 Å². The van der Waals surface area contributed by atoms with Gasteiger partial charge in [-0.25, -0.2) is 9.64 Å². The van der Waals surface area contributed by atoms with Crippen molar-refractivity contribution in [3.63, 3.8) is 0 Å². The minimum absolute atomic E-state index is 0.296. The summed E-state index contributed by atoms with van der Waals surface area (Å²) in [4.78, 5) is 16.6. The number of rotatable bonds is 3. The predicted molar refractivity (Wildman–Crippen MR) is 98.1 cm³/mol. The Labute approximate surface area is 150 Å². The van der Waals surface area contributed by atoms with Gasteiger partial charge in [-0.1, -0.05) is 38.5 Å². The molecule has 1 aromatic rings. The van der Waals surface area contributed by atoms with Crippen LogP contribution in [0.2, 0.25) is 0 Å². The minimum atomic E-state index is -1.15. The average molecular weight is 340 g/mol. The minimum Gasteiger partial charge on any atom is -0.464 e. The van der Waals surface area contributed by atoms with Crippen LogP contribution in [0.5, 0.6) is 0 Å². The van der Waals surface area contributed by atoms with Gasteiger partial charge >= 0.3 is 5.97 Å². The van der Waals surface area contributed by atoms with Gasteiger partial charge in [0.1, 0.15) is 5.54 Å². The fourth-order valence-electron chi connectivity index (χ4n) is 5.13. The highest BCUT2D eigenvalue weighted by atomic mass is 16.5. The summed E-state index contributed by atoms with van der Waals surface area (Å²) < 4.78 is 5.44. The molecule has 25 heavy (non-hydrogen) atoms. The second kappa shape index (κ2) is 6.46. The molecule has 134 valence electrons. The summed E-state index contributed by atoms with van der Waals surface area (Å²) in [6.45, 7) is 14.0. The Hall–Kier alpha value is -1.86. The standard InChI is InChI=1S/C21H28N2O2/c1-5-15-12-20(10-9-14(15)3)13-16-7-8-17(23-4)11-18(16)21(20,22)19(24)25-6-2/h7-8,11,14-15H,5-6,9-10,12-13,22H2,1-3H3/t14-,15-,20-,21-/m1/s1. The van der Waals surface area contributed by atoms with E-state index in [1.54, 1.807) is 0 Å². The van der Waals surface area contributed by atoms with E-state index in [1.165, 1.54) is 0 Å². The largest absolute Gasteiger partial charge is 0.464 e. The van der Waals surface area contributed by atoms with Crippen LogP contribution in [0.3, 0.4) is 0 Å². The number of hydrogen-bond acceptors (Lipinski definition) is 3. The normalized spacial score (nSPS) is 33.7. The van der Waals surface area contributed by atoms with Crippen LogP contribution in [0.25, 0.3) is 4.85 Å². The molecule has 2 aliphatic carbocycles. The fraction of sp³-hybridized carbons (Fsp3) is 0.619. The summed E-state index contributed by atoms with van der Waals surface area (Å²) in [5, 5.41) is 0. The Bertz CT molecular complexity index is 723. The number of hydrogen-bond donors (Lipinski definition) is 1. The molecule has 0 bridgehead atoms. The lowest BCUT2D eigenvalue weighted by Gasteiger charge is -2.49. The maximum Gasteiger partial charge on any atom is 0.331 e. The van der Waals surface area contributed by atoms with E-state index in [-0.39, 0.29) is 11.4 Å². The molecule has 0 radical (unpaired) electrons. The quantitative estimate of drug-likeness (QED) is 0.657. The highest BCUT2D eigenvalue weighted by molar-refractivity contribution is 5.86. The van der Waals surface area contributed by atoms with Crippen LogP contribution in [-0.4, -0.2) is 12.6 Å². The highest BCUT2D eigenvalue weighted by Gasteiger charge is 2.62. The van der Waals surface area contributed by atoms with E-state index in [1.807, 2.05) is 25.1 Å². The summed E-state index contributed by atoms with van der Waals surface area (Å²) in [6.07, 6.45) is 4.87. The number of carbonyl (C=O) groups is 1. The Morgan fingerprint density at radius 2 is 2.20 bits per heavy atom. The van der Waals surface area contributed by atoms with Gasteiger partial charge in [-0.3, -0.25) is 0 Å². The molecule has 0 aliphatic heterocycles. The van der Waals surface area contributed by atoms with Crippen molar-refractivity contribution in [2.24, 2.45) is 23.0 Å². The van der Waals surface area contributed by atoms with E-state index in [2.05, 4.69) is 18.7 Å². The summed E-state index contributed by atoms with van der Waals surface area (Å²) in [7, 11) is 0. The monoisotopic (exact) mass is 340 g/mol. The molecule has 0 unspecified atom stereocenters. The van der Waals surface area contributed by atoms with Gasteiger partial charge in [0.05, 0.1) is 13.2 Å². The van der Waals surface area contributed by atoms with Crippen molar-refractivity contribution in [3.8, 4) is 0 Å². The fourth-order valence-corrected chi connectivity index (χ4v) is 5.13. The lowest BCUT2D eigenvalue weighted by atomic mass is 9.57. The van der Waals surface area contributed by atoms with Gasteiger partial charge in [0.25, 0.3) is 0 Å². The Balaban J connectivity index is 2.13. The molecule has 4 atom stereocenters. The van der Waals surface area contributed by atoms with Crippen LogP contribution < -0.4 is 5.73 Å². The molecule has 1 aromatic carbocycles. The summed E-state index contributed by atoms with van der Waals surface area (Å²) >= 11 is 0. The van der Waals surface area contributed by atoms with Gasteiger partial charge in [0.15, 0.2) is 5.69 Å². The number of carbonyl (C=O) groups excluding carboxylic acids is 1. The molecule has 0 aromatic heterocycles. The smallest absolute Gasteiger partial charge is 0.331 e. The number of fused-ring (bicyclic) bond motifs is 1. The van der Waals surface area contributed by atoms with Gasteiger partial charge in [-0.15, -0.1) is 0 Å². The topological polar surface area (TPSA) is 56.7 Å². The molecule has 0 saturated heterocycles. The summed E-state index contributed by atoms with van der Waals surface area (Å²) in [5.74, 6) is 0.894. The van der Waals surface area contributed by atoms with Crippen LogP contribution in [0.15, 0.2) is 18.2 Å². The van der Waals surface area contributed by atoms with Gasteiger partial charge in [0, 0.05) is 5.41 Å². The summed E-state index contributed by atoms with van der Waals surface area (Å²) in [6, 6.07) is 5.63. The average Bonchev–Trinajstić information content (AvgIpc) is 2.86. The Morgan fingerprint density at radius 3 is 2.84 bits per heavy atom. The molecule has 0 amide bonds. The van der Waals surface area contributed by atoms with Crippen LogP contribution in [0.4, 0.5) is 5.69 Å². The number of ether oxygens (including phenoxy) is 1. The van der Waals surface area contributed by atoms with Gasteiger partial charge in [0.2, 0.25) is 0 Å². The predicted octanol–water partition coefficient (Wildman–Crippen LogP) is 4.34. The van der Waals surface area contributed by atoms with Gasteiger partial charge < -0.3 is 10.5 Å². The first-order chi connectivity index (χ1) is 11.9. The molecule has 3 rings (SSSR count).